The normalized spacial score (nSPS) is 13.1. The number of ether oxygens (including phenoxy) is 1. The molecule has 0 aliphatic carbocycles. The minimum Gasteiger partial charge on any atom is -0.464 e. The first kappa shape index (κ1) is 25.6. The van der Waals surface area contributed by atoms with Gasteiger partial charge in [0.2, 0.25) is 5.91 Å². The molecular weight excluding hydrogens is 466 g/mol. The Balaban J connectivity index is 1.48. The second kappa shape index (κ2) is 12.0. The summed E-state index contributed by atoms with van der Waals surface area (Å²) in [6.07, 6.45) is 2.57. The lowest BCUT2D eigenvalue weighted by molar-refractivity contribution is -0.142. The fourth-order valence-corrected chi connectivity index (χ4v) is 4.47. The maximum Gasteiger partial charge on any atom is 0.336 e. The van der Waals surface area contributed by atoms with Crippen LogP contribution in [0.25, 0.3) is 0 Å². The van der Waals surface area contributed by atoms with Gasteiger partial charge >= 0.3 is 5.97 Å². The van der Waals surface area contributed by atoms with Crippen molar-refractivity contribution in [3.63, 3.8) is 0 Å². The molecule has 0 saturated carbocycles. The molecule has 1 heterocycles. The number of esters is 1. The molecule has 0 aromatic heterocycles. The zero-order chi connectivity index (χ0) is 26.2. The number of anilines is 2. The molecule has 7 heteroatoms. The largest absolute Gasteiger partial charge is 0.464 e. The highest BCUT2D eigenvalue weighted by Gasteiger charge is 2.30. The van der Waals surface area contributed by atoms with Gasteiger partial charge in [0.25, 0.3) is 0 Å². The highest BCUT2D eigenvalue weighted by molar-refractivity contribution is 6.14. The summed E-state index contributed by atoms with van der Waals surface area (Å²) in [6, 6.07) is 22.4. The molecular formula is C30H29N3O4. The molecule has 1 unspecified atom stereocenters. The summed E-state index contributed by atoms with van der Waals surface area (Å²) in [5, 5.41) is 12.0. The van der Waals surface area contributed by atoms with Gasteiger partial charge in [-0.05, 0) is 67.6 Å². The average Bonchev–Trinajstić information content (AvgIpc) is 2.94. The Morgan fingerprint density at radius 2 is 1.81 bits per heavy atom. The molecule has 3 aromatic rings. The lowest BCUT2D eigenvalue weighted by Gasteiger charge is -2.30. The first-order valence-electron chi connectivity index (χ1n) is 12.4. The monoisotopic (exact) mass is 495 g/mol. The Morgan fingerprint density at radius 1 is 1.05 bits per heavy atom. The smallest absolute Gasteiger partial charge is 0.336 e. The number of nitrogens with zero attached hydrogens (tertiary/aromatic N) is 2. The number of rotatable bonds is 9. The molecule has 1 N–H and O–H groups in total. The zero-order valence-corrected chi connectivity index (χ0v) is 20.8. The van der Waals surface area contributed by atoms with E-state index in [1.165, 1.54) is 0 Å². The van der Waals surface area contributed by atoms with Gasteiger partial charge in [0.15, 0.2) is 11.8 Å². The standard InChI is InChI=1S/C30H29N3O4/c1-2-37-30(36)28(29(35)23-7-4-3-5-8-23)32-25-15-16-26-24(19-25)9-6-18-33(26)27(34)17-14-21-10-12-22(20-31)13-11-21/h3-5,7-8,10-13,15-16,19,28,32H,2,6,9,14,17-18H2,1H3. The molecule has 188 valence electrons. The highest BCUT2D eigenvalue weighted by atomic mass is 16.5. The third-order valence-electron chi connectivity index (χ3n) is 6.36. The van der Waals surface area contributed by atoms with Gasteiger partial charge < -0.3 is 15.0 Å². The number of Topliss-reactive ketones (excluding diaryl/α,β-unsaturated/α-hetero) is 1. The summed E-state index contributed by atoms with van der Waals surface area (Å²) >= 11 is 0. The summed E-state index contributed by atoms with van der Waals surface area (Å²) < 4.78 is 5.17. The van der Waals surface area contributed by atoms with Crippen molar-refractivity contribution in [2.75, 3.05) is 23.4 Å². The number of ketones is 1. The van der Waals surface area contributed by atoms with Gasteiger partial charge in [-0.3, -0.25) is 9.59 Å². The van der Waals surface area contributed by atoms with Crippen LogP contribution in [0.3, 0.4) is 0 Å². The van der Waals surface area contributed by atoms with Crippen LogP contribution in [0.2, 0.25) is 0 Å². The number of fused-ring (bicyclic) bond motifs is 1. The number of carbonyl (C=O) groups is 3. The van der Waals surface area contributed by atoms with Crippen molar-refractivity contribution in [3.8, 4) is 6.07 Å². The average molecular weight is 496 g/mol. The van der Waals surface area contributed by atoms with Gasteiger partial charge in [-0.25, -0.2) is 4.79 Å². The molecule has 0 bridgehead atoms. The summed E-state index contributed by atoms with van der Waals surface area (Å²) in [4.78, 5) is 40.6. The minimum atomic E-state index is -1.17. The second-order valence-corrected chi connectivity index (χ2v) is 8.86. The van der Waals surface area contributed by atoms with Crippen LogP contribution in [0.5, 0.6) is 0 Å². The van der Waals surface area contributed by atoms with Gasteiger partial charge in [-0.15, -0.1) is 0 Å². The van der Waals surface area contributed by atoms with Crippen LogP contribution in [-0.4, -0.2) is 36.9 Å². The molecule has 4 rings (SSSR count). The van der Waals surface area contributed by atoms with E-state index < -0.39 is 12.0 Å². The zero-order valence-electron chi connectivity index (χ0n) is 20.8. The van der Waals surface area contributed by atoms with Gasteiger partial charge in [0.1, 0.15) is 0 Å². The predicted molar refractivity (Wildman–Crippen MR) is 141 cm³/mol. The topological polar surface area (TPSA) is 99.5 Å². The van der Waals surface area contributed by atoms with Crippen LogP contribution in [0.4, 0.5) is 11.4 Å². The van der Waals surface area contributed by atoms with Crippen LogP contribution < -0.4 is 10.2 Å². The Labute approximate surface area is 216 Å². The van der Waals surface area contributed by atoms with Gasteiger partial charge in [0.05, 0.1) is 18.2 Å². The molecule has 0 radical (unpaired) electrons. The van der Waals surface area contributed by atoms with Crippen molar-refractivity contribution in [3.05, 3.63) is 95.1 Å². The van der Waals surface area contributed by atoms with Crippen molar-refractivity contribution >= 4 is 29.0 Å². The highest BCUT2D eigenvalue weighted by Crippen LogP contribution is 2.31. The number of amides is 1. The second-order valence-electron chi connectivity index (χ2n) is 8.86. The Morgan fingerprint density at radius 3 is 2.51 bits per heavy atom. The predicted octanol–water partition coefficient (Wildman–Crippen LogP) is 4.70. The number of hydrogen-bond donors (Lipinski definition) is 1. The number of nitriles is 1. The van der Waals surface area contributed by atoms with Crippen molar-refractivity contribution < 1.29 is 19.1 Å². The first-order valence-corrected chi connectivity index (χ1v) is 12.4. The third kappa shape index (κ3) is 6.22. The lowest BCUT2D eigenvalue weighted by Crippen LogP contribution is -2.39. The van der Waals surface area contributed by atoms with Gasteiger partial charge in [-0.2, -0.15) is 5.26 Å². The molecule has 1 aliphatic heterocycles. The molecule has 7 nitrogen and oxygen atoms in total. The molecule has 1 amide bonds. The van der Waals surface area contributed by atoms with Gasteiger partial charge in [-0.1, -0.05) is 42.5 Å². The van der Waals surface area contributed by atoms with Crippen LogP contribution >= 0.6 is 0 Å². The molecule has 37 heavy (non-hydrogen) atoms. The number of carbonyl (C=O) groups excluding carboxylic acids is 3. The molecule has 1 atom stereocenters. The van der Waals surface area contributed by atoms with Crippen molar-refractivity contribution in [2.24, 2.45) is 0 Å². The number of aryl methyl sites for hydroxylation is 2. The SMILES string of the molecule is CCOC(=O)C(Nc1ccc2c(c1)CCCN2C(=O)CCc1ccc(C#N)cc1)C(=O)c1ccccc1. The fourth-order valence-electron chi connectivity index (χ4n) is 4.47. The quantitative estimate of drug-likeness (QED) is 0.263. The van der Waals surface area contributed by atoms with E-state index in [9.17, 15) is 14.4 Å². The number of benzene rings is 3. The molecule has 0 spiro atoms. The number of hydrogen-bond acceptors (Lipinski definition) is 6. The summed E-state index contributed by atoms with van der Waals surface area (Å²) in [5.41, 5.74) is 4.48. The van der Waals surface area contributed by atoms with Crippen molar-refractivity contribution in [1.29, 1.82) is 5.26 Å². The summed E-state index contributed by atoms with van der Waals surface area (Å²) in [6.45, 7) is 2.51. The minimum absolute atomic E-state index is 0.0367. The fraction of sp³-hybridized carbons (Fsp3) is 0.267. The molecule has 1 aliphatic rings. The molecule has 3 aromatic carbocycles. The lowest BCUT2D eigenvalue weighted by atomic mass is 9.99. The molecule has 0 saturated heterocycles. The first-order chi connectivity index (χ1) is 18.0. The summed E-state index contributed by atoms with van der Waals surface area (Å²) in [5.74, 6) is -0.959. The van der Waals surface area contributed by atoms with E-state index in [4.69, 9.17) is 10.00 Å². The number of nitrogens with one attached hydrogen (secondary N) is 1. The van der Waals surface area contributed by atoms with Gasteiger partial charge in [0, 0.05) is 29.9 Å². The Kier molecular flexibility index (Phi) is 8.32. The van der Waals surface area contributed by atoms with Crippen molar-refractivity contribution in [1.82, 2.24) is 0 Å². The maximum atomic E-state index is 13.1. The van der Waals surface area contributed by atoms with Crippen LogP contribution in [0.1, 0.15) is 46.8 Å². The van der Waals surface area contributed by atoms with Crippen LogP contribution in [-0.2, 0) is 27.2 Å². The van der Waals surface area contributed by atoms with Crippen LogP contribution in [0.15, 0.2) is 72.8 Å². The van der Waals surface area contributed by atoms with E-state index in [2.05, 4.69) is 11.4 Å². The van der Waals surface area contributed by atoms with Crippen LogP contribution in [0, 0.1) is 11.3 Å². The van der Waals surface area contributed by atoms with E-state index in [0.29, 0.717) is 36.2 Å². The van der Waals surface area contributed by atoms with E-state index in [0.717, 1.165) is 29.7 Å². The van der Waals surface area contributed by atoms with Crippen molar-refractivity contribution in [2.45, 2.75) is 38.6 Å². The van der Waals surface area contributed by atoms with E-state index >= 15 is 0 Å². The molecule has 0 fully saturated rings. The van der Waals surface area contributed by atoms with E-state index in [1.807, 2.05) is 35.2 Å². The Hall–Kier alpha value is -4.44. The van der Waals surface area contributed by atoms with E-state index in [-0.39, 0.29) is 18.3 Å². The third-order valence-corrected chi connectivity index (χ3v) is 6.36. The Bertz CT molecular complexity index is 1310. The maximum absolute atomic E-state index is 13.1. The summed E-state index contributed by atoms with van der Waals surface area (Å²) in [7, 11) is 0. The van der Waals surface area contributed by atoms with E-state index in [1.54, 1.807) is 49.4 Å².